The summed E-state index contributed by atoms with van der Waals surface area (Å²) < 4.78 is 3.35. The lowest BCUT2D eigenvalue weighted by molar-refractivity contribution is 0.504. The molecule has 0 unspecified atom stereocenters. The van der Waals surface area contributed by atoms with Gasteiger partial charge in [0, 0.05) is 12.0 Å². The van der Waals surface area contributed by atoms with Gasteiger partial charge in [-0.2, -0.15) is 10.3 Å². The van der Waals surface area contributed by atoms with E-state index in [2.05, 4.69) is 56.9 Å². The summed E-state index contributed by atoms with van der Waals surface area (Å²) in [6.45, 7) is 6.56. The minimum Gasteiger partial charge on any atom is -0.274 e. The van der Waals surface area contributed by atoms with E-state index in [1.165, 1.54) is 0 Å². The van der Waals surface area contributed by atoms with Gasteiger partial charge < -0.3 is 0 Å². The summed E-state index contributed by atoms with van der Waals surface area (Å²) in [6.07, 6.45) is 1.73. The molecule has 4 aromatic rings. The van der Waals surface area contributed by atoms with Crippen LogP contribution in [0.5, 0.6) is 0 Å². The Morgan fingerprint density at radius 1 is 1.03 bits per heavy atom. The molecule has 2 aromatic carbocycles. The average molecular weight is 403 g/mol. The van der Waals surface area contributed by atoms with Crippen LogP contribution >= 0.6 is 0 Å². The summed E-state index contributed by atoms with van der Waals surface area (Å²) in [5.41, 5.74) is 4.00. The number of hydrogen-bond donors (Lipinski definition) is 1. The molecule has 30 heavy (non-hydrogen) atoms. The normalized spacial score (nSPS) is 11.3. The highest BCUT2D eigenvalue weighted by Gasteiger charge is 2.15. The molecule has 4 rings (SSSR count). The molecule has 0 radical (unpaired) electrons. The van der Waals surface area contributed by atoms with E-state index in [-0.39, 0.29) is 11.7 Å². The zero-order valence-corrected chi connectivity index (χ0v) is 17.4. The summed E-state index contributed by atoms with van der Waals surface area (Å²) in [6, 6.07) is 16.2. The second kappa shape index (κ2) is 8.44. The van der Waals surface area contributed by atoms with Crippen LogP contribution in [-0.4, -0.2) is 35.0 Å². The number of aromatic amines is 1. The maximum Gasteiger partial charge on any atom is 0.346 e. The summed E-state index contributed by atoms with van der Waals surface area (Å²) in [5, 5.41) is 18.9. The summed E-state index contributed by atoms with van der Waals surface area (Å²) in [5.74, 6) is 1.40. The smallest absolute Gasteiger partial charge is 0.274 e. The van der Waals surface area contributed by atoms with Crippen molar-refractivity contribution < 1.29 is 0 Å². The zero-order chi connectivity index (χ0) is 21.1. The van der Waals surface area contributed by atoms with E-state index in [1.807, 2.05) is 38.1 Å². The molecule has 0 aliphatic carbocycles. The molecule has 0 aliphatic rings. The monoisotopic (exact) mass is 403 g/mol. The van der Waals surface area contributed by atoms with Crippen LogP contribution in [0.25, 0.3) is 22.5 Å². The molecule has 154 valence electrons. The predicted octanol–water partition coefficient (Wildman–Crippen LogP) is 3.47. The number of nitrogens with zero attached hydrogens (tertiary/aromatic N) is 6. The number of aryl methyl sites for hydroxylation is 1. The second-order valence-electron chi connectivity index (χ2n) is 7.55. The average Bonchev–Trinajstić information content (AvgIpc) is 3.39. The van der Waals surface area contributed by atoms with Crippen molar-refractivity contribution in [2.24, 2.45) is 0 Å². The highest BCUT2D eigenvalue weighted by Crippen LogP contribution is 2.29. The van der Waals surface area contributed by atoms with Gasteiger partial charge in [0.25, 0.3) is 0 Å². The number of tetrazole rings is 1. The van der Waals surface area contributed by atoms with Crippen molar-refractivity contribution in [2.75, 3.05) is 0 Å². The maximum atomic E-state index is 12.8. The molecule has 0 spiro atoms. The highest BCUT2D eigenvalue weighted by atomic mass is 16.2. The molecule has 2 aromatic heterocycles. The Morgan fingerprint density at radius 3 is 2.40 bits per heavy atom. The molecule has 0 saturated heterocycles. The number of hydrogen-bond acceptors (Lipinski definition) is 5. The van der Waals surface area contributed by atoms with E-state index in [9.17, 15) is 4.79 Å². The van der Waals surface area contributed by atoms with Crippen LogP contribution in [0.15, 0.2) is 53.3 Å². The molecule has 8 heteroatoms. The van der Waals surface area contributed by atoms with Crippen molar-refractivity contribution in [3.63, 3.8) is 0 Å². The van der Waals surface area contributed by atoms with E-state index in [0.29, 0.717) is 12.4 Å². The van der Waals surface area contributed by atoms with E-state index in [0.717, 1.165) is 40.9 Å². The van der Waals surface area contributed by atoms with Crippen LogP contribution in [0, 0.1) is 0 Å². The SMILES string of the molecule is CCCc1nn(C(C)C)c(=O)n1Cc1ccc(-c2ccccc2-c2nn[nH]n2)cc1. The summed E-state index contributed by atoms with van der Waals surface area (Å²) in [7, 11) is 0. The third kappa shape index (κ3) is 3.80. The lowest BCUT2D eigenvalue weighted by Crippen LogP contribution is -2.27. The van der Waals surface area contributed by atoms with Crippen LogP contribution in [0.1, 0.15) is 44.6 Å². The van der Waals surface area contributed by atoms with Gasteiger partial charge in [-0.1, -0.05) is 55.5 Å². The number of nitrogens with one attached hydrogen (secondary N) is 1. The topological polar surface area (TPSA) is 94.3 Å². The quantitative estimate of drug-likeness (QED) is 0.510. The summed E-state index contributed by atoms with van der Waals surface area (Å²) >= 11 is 0. The fraction of sp³-hybridized carbons (Fsp3) is 0.318. The van der Waals surface area contributed by atoms with Gasteiger partial charge in [0.05, 0.1) is 12.6 Å². The third-order valence-corrected chi connectivity index (χ3v) is 5.04. The third-order valence-electron chi connectivity index (χ3n) is 5.04. The molecule has 0 amide bonds. The number of aromatic nitrogens is 7. The first-order valence-corrected chi connectivity index (χ1v) is 10.2. The second-order valence-corrected chi connectivity index (χ2v) is 7.55. The van der Waals surface area contributed by atoms with Crippen molar-refractivity contribution in [3.8, 4) is 22.5 Å². The van der Waals surface area contributed by atoms with Gasteiger partial charge in [0.2, 0.25) is 5.82 Å². The van der Waals surface area contributed by atoms with Crippen molar-refractivity contribution in [1.82, 2.24) is 35.0 Å². The van der Waals surface area contributed by atoms with Crippen LogP contribution in [-0.2, 0) is 13.0 Å². The lowest BCUT2D eigenvalue weighted by atomic mass is 9.98. The van der Waals surface area contributed by atoms with E-state index in [1.54, 1.807) is 9.25 Å². The number of H-pyrrole nitrogens is 1. The van der Waals surface area contributed by atoms with Crippen LogP contribution in [0.2, 0.25) is 0 Å². The van der Waals surface area contributed by atoms with Crippen molar-refractivity contribution >= 4 is 0 Å². The molecule has 8 nitrogen and oxygen atoms in total. The highest BCUT2D eigenvalue weighted by molar-refractivity contribution is 5.80. The predicted molar refractivity (Wildman–Crippen MR) is 115 cm³/mol. The molecule has 0 fully saturated rings. The zero-order valence-electron chi connectivity index (χ0n) is 17.4. The largest absolute Gasteiger partial charge is 0.346 e. The molecule has 0 saturated carbocycles. The Hall–Kier alpha value is -3.55. The Labute approximate surface area is 174 Å². The van der Waals surface area contributed by atoms with E-state index in [4.69, 9.17) is 0 Å². The van der Waals surface area contributed by atoms with Gasteiger partial charge in [0.15, 0.2) is 0 Å². The van der Waals surface area contributed by atoms with E-state index < -0.39 is 0 Å². The first kappa shape index (κ1) is 19.8. The first-order valence-electron chi connectivity index (χ1n) is 10.2. The number of benzene rings is 2. The van der Waals surface area contributed by atoms with Gasteiger partial charge in [-0.25, -0.2) is 9.48 Å². The minimum absolute atomic E-state index is 0.0402. The van der Waals surface area contributed by atoms with Crippen molar-refractivity contribution in [1.29, 1.82) is 0 Å². The Balaban J connectivity index is 1.65. The van der Waals surface area contributed by atoms with Crippen molar-refractivity contribution in [2.45, 2.75) is 46.2 Å². The Morgan fingerprint density at radius 2 is 1.77 bits per heavy atom. The molecule has 0 aliphatic heterocycles. The Kier molecular flexibility index (Phi) is 5.56. The van der Waals surface area contributed by atoms with Gasteiger partial charge in [-0.05, 0) is 42.2 Å². The van der Waals surface area contributed by atoms with Crippen LogP contribution in [0.3, 0.4) is 0 Å². The van der Waals surface area contributed by atoms with Gasteiger partial charge in [0.1, 0.15) is 5.82 Å². The minimum atomic E-state index is -0.0556. The molecule has 0 atom stereocenters. The molecular weight excluding hydrogens is 378 g/mol. The lowest BCUT2D eigenvalue weighted by Gasteiger charge is -2.09. The Bertz CT molecular complexity index is 1170. The van der Waals surface area contributed by atoms with Crippen LogP contribution in [0.4, 0.5) is 0 Å². The number of rotatable bonds is 7. The van der Waals surface area contributed by atoms with Crippen LogP contribution < -0.4 is 5.69 Å². The molecule has 0 bridgehead atoms. The van der Waals surface area contributed by atoms with Gasteiger partial charge >= 0.3 is 5.69 Å². The molecular formula is C22H25N7O. The first-order chi connectivity index (χ1) is 14.6. The molecule has 1 N–H and O–H groups in total. The summed E-state index contributed by atoms with van der Waals surface area (Å²) in [4.78, 5) is 12.8. The van der Waals surface area contributed by atoms with Crippen molar-refractivity contribution in [3.05, 3.63) is 70.4 Å². The standard InChI is InChI=1S/C22H25N7O/c1-4-7-20-25-29(15(2)3)22(30)28(20)14-16-10-12-17(13-11-16)18-8-5-6-9-19(18)21-23-26-27-24-21/h5-6,8-13,15H,4,7,14H2,1-3H3,(H,23,24,26,27). The van der Waals surface area contributed by atoms with Gasteiger partial charge in [-0.3, -0.25) is 4.57 Å². The van der Waals surface area contributed by atoms with E-state index >= 15 is 0 Å². The maximum absolute atomic E-state index is 12.8. The fourth-order valence-electron chi connectivity index (χ4n) is 3.54. The van der Waals surface area contributed by atoms with Gasteiger partial charge in [-0.15, -0.1) is 10.2 Å². The molecule has 2 heterocycles. The fourth-order valence-corrected chi connectivity index (χ4v) is 3.54.